The number of rotatable bonds is 9. The van der Waals surface area contributed by atoms with Crippen LogP contribution in [0.4, 0.5) is 4.39 Å². The number of thioether (sulfide) groups is 1. The Morgan fingerprint density at radius 2 is 1.84 bits per heavy atom. The van der Waals surface area contributed by atoms with Crippen molar-refractivity contribution in [3.63, 3.8) is 0 Å². The summed E-state index contributed by atoms with van der Waals surface area (Å²) < 4.78 is 21.7. The van der Waals surface area contributed by atoms with Crippen LogP contribution >= 0.6 is 27.7 Å². The van der Waals surface area contributed by atoms with Crippen LogP contribution in [0.1, 0.15) is 45.5 Å². The molecule has 222 valence electrons. The first-order valence-corrected chi connectivity index (χ1v) is 15.5. The Balaban J connectivity index is 1.25. The van der Waals surface area contributed by atoms with E-state index in [1.54, 1.807) is 24.3 Å². The number of benzene rings is 3. The molecule has 0 saturated carbocycles. The first kappa shape index (κ1) is 29.5. The molecule has 0 spiro atoms. The minimum absolute atomic E-state index is 0.0253. The van der Waals surface area contributed by atoms with Gasteiger partial charge in [0, 0.05) is 16.6 Å². The minimum Gasteiger partial charge on any atom is -0.459 e. The predicted octanol–water partition coefficient (Wildman–Crippen LogP) is 6.47. The van der Waals surface area contributed by atoms with E-state index in [9.17, 15) is 14.0 Å². The number of carbonyl (C=O) groups excluding carboxylic acids is 2. The number of furan rings is 1. The van der Waals surface area contributed by atoms with E-state index in [2.05, 4.69) is 31.4 Å². The Bertz CT molecular complexity index is 1820. The van der Waals surface area contributed by atoms with Gasteiger partial charge >= 0.3 is 0 Å². The van der Waals surface area contributed by atoms with Crippen LogP contribution in [-0.2, 0) is 11.3 Å². The maximum absolute atomic E-state index is 13.7. The van der Waals surface area contributed by atoms with Gasteiger partial charge in [-0.2, -0.15) is 5.10 Å². The van der Waals surface area contributed by atoms with Crippen molar-refractivity contribution >= 4 is 45.2 Å². The molecule has 1 aliphatic rings. The fraction of sp³-hybridized carbons (Fsp3) is 0.156. The fourth-order valence-electron chi connectivity index (χ4n) is 4.88. The van der Waals surface area contributed by atoms with Crippen molar-refractivity contribution in [3.05, 3.63) is 130 Å². The molecule has 0 unspecified atom stereocenters. The number of nitrogens with zero attached hydrogens (tertiary/aromatic N) is 5. The zero-order valence-corrected chi connectivity index (χ0v) is 25.9. The summed E-state index contributed by atoms with van der Waals surface area (Å²) in [6.07, 6.45) is 1.92. The molecule has 0 fully saturated rings. The van der Waals surface area contributed by atoms with E-state index in [-0.39, 0.29) is 41.7 Å². The summed E-state index contributed by atoms with van der Waals surface area (Å²) in [5, 5.41) is 18.2. The van der Waals surface area contributed by atoms with Crippen molar-refractivity contribution < 1.29 is 18.4 Å². The smallest absolute Gasteiger partial charge is 0.287 e. The lowest BCUT2D eigenvalue weighted by Gasteiger charge is -2.22. The molecule has 3 aromatic carbocycles. The second kappa shape index (κ2) is 13.0. The summed E-state index contributed by atoms with van der Waals surface area (Å²) in [4.78, 5) is 26.3. The summed E-state index contributed by atoms with van der Waals surface area (Å²) >= 11 is 4.69. The zero-order chi connectivity index (χ0) is 30.6. The van der Waals surface area contributed by atoms with Gasteiger partial charge in [0.25, 0.3) is 11.8 Å². The quantitative estimate of drug-likeness (QED) is 0.180. The van der Waals surface area contributed by atoms with Crippen molar-refractivity contribution in [2.24, 2.45) is 5.10 Å². The van der Waals surface area contributed by atoms with Crippen LogP contribution in [0.25, 0.3) is 5.69 Å². The molecule has 0 saturated heterocycles. The molecule has 1 N–H and O–H groups in total. The third-order valence-corrected chi connectivity index (χ3v) is 8.48. The maximum atomic E-state index is 13.7. The fourth-order valence-corrected chi connectivity index (χ4v) is 5.97. The van der Waals surface area contributed by atoms with Crippen LogP contribution in [0.5, 0.6) is 0 Å². The number of hydrogen-bond acceptors (Lipinski definition) is 7. The Hall–Kier alpha value is -4.55. The van der Waals surface area contributed by atoms with Crippen LogP contribution in [0.3, 0.4) is 0 Å². The lowest BCUT2D eigenvalue weighted by atomic mass is 9.98. The van der Waals surface area contributed by atoms with Crippen LogP contribution in [0.2, 0.25) is 0 Å². The number of halogens is 2. The van der Waals surface area contributed by atoms with E-state index >= 15 is 0 Å². The first-order chi connectivity index (χ1) is 21.4. The molecular weight excluding hydrogens is 647 g/mol. The number of aromatic nitrogens is 3. The second-order valence-corrected chi connectivity index (χ2v) is 11.9. The second-order valence-electron chi connectivity index (χ2n) is 10.1. The van der Waals surface area contributed by atoms with E-state index in [0.717, 1.165) is 32.6 Å². The highest BCUT2D eigenvalue weighted by Crippen LogP contribution is 2.34. The first-order valence-electron chi connectivity index (χ1n) is 13.7. The molecule has 1 atom stereocenters. The molecule has 3 heterocycles. The summed E-state index contributed by atoms with van der Waals surface area (Å²) in [6, 6.07) is 24.5. The molecule has 0 radical (unpaired) electrons. The molecule has 9 nitrogen and oxygen atoms in total. The van der Waals surface area contributed by atoms with Crippen molar-refractivity contribution in [2.75, 3.05) is 5.75 Å². The standard InChI is InChI=1S/C32H26BrFN6O3S/c1-20-4-2-5-25(16-20)39-29(18-35-31(42)28-6-3-15-43-28)36-37-32(39)44-19-30(41)40-27(22-9-13-24(34)14-10-22)17-26(38-40)21-7-11-23(33)12-8-21/h2-16,27H,17-19H2,1H3,(H,35,42)/t27-/m0/s1. The zero-order valence-electron chi connectivity index (χ0n) is 23.5. The minimum atomic E-state index is -0.385. The van der Waals surface area contributed by atoms with E-state index in [4.69, 9.17) is 9.52 Å². The molecule has 44 heavy (non-hydrogen) atoms. The summed E-state index contributed by atoms with van der Waals surface area (Å²) in [7, 11) is 0. The highest BCUT2D eigenvalue weighted by Gasteiger charge is 2.33. The summed E-state index contributed by atoms with van der Waals surface area (Å²) in [6.45, 7) is 2.07. The molecule has 2 amide bonds. The predicted molar refractivity (Wildman–Crippen MR) is 168 cm³/mol. The van der Waals surface area contributed by atoms with Gasteiger partial charge in [0.05, 0.1) is 30.3 Å². The number of amides is 2. The van der Waals surface area contributed by atoms with E-state index < -0.39 is 0 Å². The maximum Gasteiger partial charge on any atom is 0.287 e. The Morgan fingerprint density at radius 1 is 1.05 bits per heavy atom. The molecular formula is C32H26BrFN6O3S. The lowest BCUT2D eigenvalue weighted by Crippen LogP contribution is -2.28. The highest BCUT2D eigenvalue weighted by atomic mass is 79.9. The highest BCUT2D eigenvalue weighted by molar-refractivity contribution is 9.10. The van der Waals surface area contributed by atoms with Gasteiger partial charge < -0.3 is 9.73 Å². The monoisotopic (exact) mass is 672 g/mol. The van der Waals surface area contributed by atoms with E-state index in [1.807, 2.05) is 60.0 Å². The van der Waals surface area contributed by atoms with Crippen LogP contribution in [0, 0.1) is 12.7 Å². The Labute approximate surface area is 265 Å². The van der Waals surface area contributed by atoms with Gasteiger partial charge in [-0.05, 0) is 72.1 Å². The van der Waals surface area contributed by atoms with Gasteiger partial charge in [0.15, 0.2) is 16.7 Å². The average molecular weight is 674 g/mol. The molecule has 0 aliphatic carbocycles. The van der Waals surface area contributed by atoms with E-state index in [0.29, 0.717) is 17.4 Å². The Morgan fingerprint density at radius 3 is 2.57 bits per heavy atom. The van der Waals surface area contributed by atoms with Gasteiger partial charge in [0.2, 0.25) is 0 Å². The van der Waals surface area contributed by atoms with Crippen molar-refractivity contribution in [1.82, 2.24) is 25.1 Å². The molecule has 5 aromatic rings. The van der Waals surface area contributed by atoms with Crippen LogP contribution in [0.15, 0.2) is 110 Å². The molecule has 6 rings (SSSR count). The number of nitrogens with one attached hydrogen (secondary N) is 1. The summed E-state index contributed by atoms with van der Waals surface area (Å²) in [5.41, 5.74) is 4.29. The van der Waals surface area contributed by atoms with Crippen LogP contribution in [-0.4, -0.2) is 43.1 Å². The van der Waals surface area contributed by atoms with E-state index in [1.165, 1.54) is 35.2 Å². The average Bonchev–Trinajstić information content (AvgIpc) is 3.80. The normalized spacial score (nSPS) is 14.5. The van der Waals surface area contributed by atoms with Gasteiger partial charge in [-0.3, -0.25) is 14.2 Å². The third kappa shape index (κ3) is 6.51. The largest absolute Gasteiger partial charge is 0.459 e. The van der Waals surface area contributed by atoms with Gasteiger partial charge in [-0.15, -0.1) is 10.2 Å². The van der Waals surface area contributed by atoms with Crippen LogP contribution < -0.4 is 5.32 Å². The summed E-state index contributed by atoms with van der Waals surface area (Å²) in [5.74, 6) is -0.248. The van der Waals surface area contributed by atoms with Gasteiger partial charge in [0.1, 0.15) is 5.82 Å². The number of hydrazone groups is 1. The third-order valence-electron chi connectivity index (χ3n) is 7.04. The molecule has 2 aromatic heterocycles. The molecule has 0 bridgehead atoms. The van der Waals surface area contributed by atoms with Gasteiger partial charge in [-0.25, -0.2) is 9.40 Å². The topological polar surface area (TPSA) is 106 Å². The van der Waals surface area contributed by atoms with Crippen molar-refractivity contribution in [2.45, 2.75) is 31.1 Å². The number of hydrogen-bond donors (Lipinski definition) is 1. The molecule has 12 heteroatoms. The SMILES string of the molecule is Cc1cccc(-n2c(CNC(=O)c3ccco3)nnc2SCC(=O)N2N=C(c3ccc(Br)cc3)C[C@H]2c2ccc(F)cc2)c1. The Kier molecular flexibility index (Phi) is 8.71. The number of aryl methyl sites for hydroxylation is 1. The van der Waals surface area contributed by atoms with Crippen molar-refractivity contribution in [3.8, 4) is 5.69 Å². The van der Waals surface area contributed by atoms with Gasteiger partial charge in [-0.1, -0.05) is 64.1 Å². The lowest BCUT2D eigenvalue weighted by molar-refractivity contribution is -0.130. The van der Waals surface area contributed by atoms with Crippen molar-refractivity contribution in [1.29, 1.82) is 0 Å². The molecule has 1 aliphatic heterocycles. The number of carbonyl (C=O) groups is 2.